The van der Waals surface area contributed by atoms with Crippen molar-refractivity contribution >= 4 is 17.4 Å². The van der Waals surface area contributed by atoms with E-state index in [1.807, 2.05) is 30.3 Å². The molecule has 1 aliphatic rings. The van der Waals surface area contributed by atoms with Gasteiger partial charge in [0.05, 0.1) is 10.7 Å². The largest absolute Gasteiger partial charge is 0.366 e. The smallest absolute Gasteiger partial charge is 0.126 e. The van der Waals surface area contributed by atoms with Crippen molar-refractivity contribution in [2.24, 2.45) is 11.7 Å². The number of pyridine rings is 2. The van der Waals surface area contributed by atoms with Gasteiger partial charge in [0.1, 0.15) is 11.6 Å². The van der Waals surface area contributed by atoms with Crippen molar-refractivity contribution in [3.8, 4) is 11.3 Å². The maximum Gasteiger partial charge on any atom is 0.126 e. The zero-order valence-electron chi connectivity index (χ0n) is 16.1. The topological polar surface area (TPSA) is 63.8 Å². The second-order valence-corrected chi connectivity index (χ2v) is 8.10. The lowest BCUT2D eigenvalue weighted by atomic mass is 9.99. The second-order valence-electron chi connectivity index (χ2n) is 7.69. The van der Waals surface area contributed by atoms with E-state index in [4.69, 9.17) is 17.3 Å². The first-order valence-corrected chi connectivity index (χ1v) is 10.3. The van der Waals surface area contributed by atoms with Crippen LogP contribution < -0.4 is 11.1 Å². The Morgan fingerprint density at radius 3 is 2.73 bits per heavy atom. The van der Waals surface area contributed by atoms with Gasteiger partial charge in [0.15, 0.2) is 0 Å². The molecule has 1 fully saturated rings. The number of nitrogens with one attached hydrogen (secondary N) is 1. The third-order valence-electron chi connectivity index (χ3n) is 5.38. The molecule has 3 N–H and O–H groups in total. The van der Waals surface area contributed by atoms with E-state index < -0.39 is 0 Å². The van der Waals surface area contributed by atoms with Crippen LogP contribution in [-0.2, 0) is 13.0 Å². The highest BCUT2D eigenvalue weighted by Crippen LogP contribution is 2.31. The van der Waals surface area contributed by atoms with Crippen LogP contribution in [0.4, 0.5) is 10.2 Å². The number of aromatic nitrogens is 2. The molecule has 0 spiro atoms. The SMILES string of the molecule is C.N[C@H]1CC[C@H](Cc2cc(-c3cccc(NCc4cccc(F)c4)n3)c(Cl)cn2)C1. The summed E-state index contributed by atoms with van der Waals surface area (Å²) in [6.45, 7) is 0.492. The van der Waals surface area contributed by atoms with Crippen molar-refractivity contribution in [2.45, 2.75) is 45.7 Å². The fourth-order valence-corrected chi connectivity index (χ4v) is 4.11. The molecule has 1 aromatic carbocycles. The van der Waals surface area contributed by atoms with Crippen LogP contribution in [0.5, 0.6) is 0 Å². The molecule has 2 atom stereocenters. The van der Waals surface area contributed by atoms with Crippen LogP contribution in [0.1, 0.15) is 37.9 Å². The van der Waals surface area contributed by atoms with Gasteiger partial charge in [0, 0.05) is 30.0 Å². The minimum atomic E-state index is -0.245. The van der Waals surface area contributed by atoms with E-state index in [1.165, 1.54) is 12.1 Å². The first-order chi connectivity index (χ1) is 14.1. The van der Waals surface area contributed by atoms with Crippen LogP contribution >= 0.6 is 11.6 Å². The predicted molar refractivity (Wildman–Crippen MR) is 122 cm³/mol. The van der Waals surface area contributed by atoms with Gasteiger partial charge in [-0.05, 0) is 67.5 Å². The third kappa shape index (κ3) is 5.55. The number of benzene rings is 1. The molecule has 0 amide bonds. The normalized spacial score (nSPS) is 18.1. The maximum absolute atomic E-state index is 13.4. The molecule has 158 valence electrons. The molecular weight excluding hydrogens is 399 g/mol. The molecule has 0 radical (unpaired) electrons. The molecule has 4 nitrogen and oxygen atoms in total. The molecule has 2 heterocycles. The van der Waals surface area contributed by atoms with E-state index in [0.29, 0.717) is 29.3 Å². The summed E-state index contributed by atoms with van der Waals surface area (Å²) in [6.07, 6.45) is 5.91. The van der Waals surface area contributed by atoms with E-state index in [-0.39, 0.29) is 13.2 Å². The summed E-state index contributed by atoms with van der Waals surface area (Å²) in [6, 6.07) is 14.6. The lowest BCUT2D eigenvalue weighted by Gasteiger charge is -2.12. The summed E-state index contributed by atoms with van der Waals surface area (Å²) in [5.41, 5.74) is 9.57. The Morgan fingerprint density at radius 1 is 1.13 bits per heavy atom. The molecule has 0 saturated heterocycles. The number of hydrogen-bond donors (Lipinski definition) is 2. The molecule has 6 heteroatoms. The maximum atomic E-state index is 13.4. The summed E-state index contributed by atoms with van der Waals surface area (Å²) >= 11 is 6.43. The Labute approximate surface area is 182 Å². The van der Waals surface area contributed by atoms with Gasteiger partial charge in [-0.15, -0.1) is 0 Å². The average Bonchev–Trinajstić information content (AvgIpc) is 3.13. The number of rotatable bonds is 6. The number of hydrogen-bond acceptors (Lipinski definition) is 4. The fourth-order valence-electron chi connectivity index (χ4n) is 3.91. The fraction of sp³-hybridized carbons (Fsp3) is 0.333. The molecule has 4 rings (SSSR count). The summed E-state index contributed by atoms with van der Waals surface area (Å²) in [7, 11) is 0. The Balaban J connectivity index is 0.00000256. The monoisotopic (exact) mass is 426 g/mol. The van der Waals surface area contributed by atoms with Gasteiger partial charge in [-0.3, -0.25) is 4.98 Å². The molecule has 0 bridgehead atoms. The van der Waals surface area contributed by atoms with Crippen LogP contribution in [0.2, 0.25) is 5.02 Å². The third-order valence-corrected chi connectivity index (χ3v) is 5.68. The molecule has 0 unspecified atom stereocenters. The first kappa shape index (κ1) is 22.2. The predicted octanol–water partition coefficient (Wildman–Crippen LogP) is 5.85. The molecule has 1 aliphatic carbocycles. The first-order valence-electron chi connectivity index (χ1n) is 9.92. The van der Waals surface area contributed by atoms with Crippen molar-refractivity contribution in [1.82, 2.24) is 9.97 Å². The molecular formula is C24H28ClFN4. The Hall–Kier alpha value is -2.50. The average molecular weight is 427 g/mol. The summed E-state index contributed by atoms with van der Waals surface area (Å²) in [5, 5.41) is 3.82. The molecule has 2 aromatic heterocycles. The van der Waals surface area contributed by atoms with E-state index >= 15 is 0 Å². The second kappa shape index (κ2) is 10.0. The van der Waals surface area contributed by atoms with Gasteiger partial charge in [0.2, 0.25) is 0 Å². The van der Waals surface area contributed by atoms with E-state index in [1.54, 1.807) is 12.3 Å². The zero-order chi connectivity index (χ0) is 20.2. The van der Waals surface area contributed by atoms with Crippen molar-refractivity contribution in [2.75, 3.05) is 5.32 Å². The minimum absolute atomic E-state index is 0. The van der Waals surface area contributed by atoms with Crippen LogP contribution in [0.25, 0.3) is 11.3 Å². The summed E-state index contributed by atoms with van der Waals surface area (Å²) < 4.78 is 13.4. The number of halogens is 2. The summed E-state index contributed by atoms with van der Waals surface area (Å²) in [4.78, 5) is 9.20. The van der Waals surface area contributed by atoms with Gasteiger partial charge in [0.25, 0.3) is 0 Å². The van der Waals surface area contributed by atoms with Gasteiger partial charge in [-0.25, -0.2) is 9.37 Å². The van der Waals surface area contributed by atoms with Crippen molar-refractivity contribution in [3.05, 3.63) is 76.8 Å². The number of nitrogens with two attached hydrogens (primary N) is 1. The number of nitrogens with zero attached hydrogens (tertiary/aromatic N) is 2. The standard InChI is InChI=1S/C23H24ClFN4.CH4/c24-21-14-27-19(11-15-7-8-18(26)10-15)12-20(21)22-5-2-6-23(29-22)28-13-16-3-1-4-17(25)9-16;/h1-6,9,12,14-15,18H,7-8,10-11,13,26H2,(H,28,29);1H4/t15-,18-;/m0./s1. The highest BCUT2D eigenvalue weighted by Gasteiger charge is 2.22. The van der Waals surface area contributed by atoms with Crippen LogP contribution in [-0.4, -0.2) is 16.0 Å². The van der Waals surface area contributed by atoms with E-state index in [2.05, 4.69) is 15.3 Å². The molecule has 3 aromatic rings. The highest BCUT2D eigenvalue weighted by molar-refractivity contribution is 6.33. The number of anilines is 1. The zero-order valence-corrected chi connectivity index (χ0v) is 16.9. The lowest BCUT2D eigenvalue weighted by molar-refractivity contribution is 0.528. The van der Waals surface area contributed by atoms with E-state index in [0.717, 1.165) is 48.2 Å². The lowest BCUT2D eigenvalue weighted by Crippen LogP contribution is -2.15. The van der Waals surface area contributed by atoms with Gasteiger partial charge in [-0.2, -0.15) is 0 Å². The van der Waals surface area contributed by atoms with E-state index in [9.17, 15) is 4.39 Å². The Morgan fingerprint density at radius 2 is 1.97 bits per heavy atom. The minimum Gasteiger partial charge on any atom is -0.366 e. The highest BCUT2D eigenvalue weighted by atomic mass is 35.5. The molecule has 30 heavy (non-hydrogen) atoms. The van der Waals surface area contributed by atoms with Crippen molar-refractivity contribution < 1.29 is 4.39 Å². The molecule has 1 saturated carbocycles. The van der Waals surface area contributed by atoms with Gasteiger partial charge < -0.3 is 11.1 Å². The van der Waals surface area contributed by atoms with Crippen molar-refractivity contribution in [3.63, 3.8) is 0 Å². The van der Waals surface area contributed by atoms with Crippen LogP contribution in [0.15, 0.2) is 54.7 Å². The Bertz CT molecular complexity index is 994. The quantitative estimate of drug-likeness (QED) is 0.518. The molecule has 0 aliphatic heterocycles. The Kier molecular flexibility index (Phi) is 7.40. The van der Waals surface area contributed by atoms with Crippen LogP contribution in [0, 0.1) is 11.7 Å². The van der Waals surface area contributed by atoms with Gasteiger partial charge >= 0.3 is 0 Å². The summed E-state index contributed by atoms with van der Waals surface area (Å²) in [5.74, 6) is 1.05. The van der Waals surface area contributed by atoms with Crippen molar-refractivity contribution in [1.29, 1.82) is 0 Å². The van der Waals surface area contributed by atoms with Crippen LogP contribution in [0.3, 0.4) is 0 Å². The van der Waals surface area contributed by atoms with Gasteiger partial charge in [-0.1, -0.05) is 37.2 Å².